The second-order valence-corrected chi connectivity index (χ2v) is 5.42. The Morgan fingerprint density at radius 1 is 1.40 bits per heavy atom. The van der Waals surface area contributed by atoms with Crippen LogP contribution in [0, 0.1) is 0 Å². The third kappa shape index (κ3) is 4.35. The Hall–Kier alpha value is -1.33. The smallest absolute Gasteiger partial charge is 0.213 e. The molecule has 2 unspecified atom stereocenters. The maximum Gasteiger partial charge on any atom is 0.213 e. The van der Waals surface area contributed by atoms with Gasteiger partial charge in [0.2, 0.25) is 5.88 Å². The molecule has 0 radical (unpaired) electrons. The van der Waals surface area contributed by atoms with Crippen molar-refractivity contribution >= 4 is 5.69 Å². The van der Waals surface area contributed by atoms with E-state index in [1.165, 1.54) is 12.8 Å². The molecule has 2 atom stereocenters. The highest BCUT2D eigenvalue weighted by molar-refractivity contribution is 5.43. The van der Waals surface area contributed by atoms with Gasteiger partial charge >= 0.3 is 0 Å². The number of ether oxygens (including phenoxy) is 2. The van der Waals surface area contributed by atoms with Crippen LogP contribution in [0.2, 0.25) is 0 Å². The van der Waals surface area contributed by atoms with E-state index in [4.69, 9.17) is 9.47 Å². The van der Waals surface area contributed by atoms with Crippen molar-refractivity contribution < 1.29 is 9.47 Å². The Bertz CT molecular complexity index is 397. The highest BCUT2D eigenvalue weighted by atomic mass is 16.5. The van der Waals surface area contributed by atoms with E-state index >= 15 is 0 Å². The average molecular weight is 279 g/mol. The molecule has 20 heavy (non-hydrogen) atoms. The van der Waals surface area contributed by atoms with E-state index < -0.39 is 0 Å². The quantitative estimate of drug-likeness (QED) is 0.807. The summed E-state index contributed by atoms with van der Waals surface area (Å²) in [6, 6.07) is 5.09. The Labute approximate surface area is 121 Å². The minimum atomic E-state index is 0.531. The monoisotopic (exact) mass is 279 g/mol. The van der Waals surface area contributed by atoms with Gasteiger partial charge < -0.3 is 19.7 Å². The van der Waals surface area contributed by atoms with Gasteiger partial charge in [-0.25, -0.2) is 4.98 Å². The van der Waals surface area contributed by atoms with Crippen LogP contribution in [0.5, 0.6) is 5.88 Å². The molecule has 1 fully saturated rings. The number of anilines is 1. The molecular weight excluding hydrogens is 254 g/mol. The molecule has 5 heteroatoms. The lowest BCUT2D eigenvalue weighted by molar-refractivity contribution is 0.144. The summed E-state index contributed by atoms with van der Waals surface area (Å²) < 4.78 is 10.4. The fraction of sp³-hybridized carbons (Fsp3) is 0.667. The number of likely N-dealkylation sites (tertiary alicyclic amines) is 1. The van der Waals surface area contributed by atoms with Gasteiger partial charge in [0.1, 0.15) is 6.61 Å². The first kappa shape index (κ1) is 15.1. The molecule has 1 aliphatic rings. The van der Waals surface area contributed by atoms with Crippen LogP contribution < -0.4 is 10.1 Å². The lowest BCUT2D eigenvalue weighted by Crippen LogP contribution is -2.42. The first-order chi connectivity index (χ1) is 9.69. The minimum Gasteiger partial charge on any atom is -0.475 e. The maximum absolute atomic E-state index is 5.45. The number of hydrogen-bond donors (Lipinski definition) is 1. The van der Waals surface area contributed by atoms with Gasteiger partial charge in [0.05, 0.1) is 18.5 Å². The summed E-state index contributed by atoms with van der Waals surface area (Å²) in [6.45, 7) is 4.53. The van der Waals surface area contributed by atoms with Crippen molar-refractivity contribution in [3.05, 3.63) is 18.3 Å². The van der Waals surface area contributed by atoms with Gasteiger partial charge in [-0.15, -0.1) is 0 Å². The highest BCUT2D eigenvalue weighted by Gasteiger charge is 2.22. The molecule has 1 aliphatic heterocycles. The van der Waals surface area contributed by atoms with Gasteiger partial charge in [-0.05, 0) is 32.9 Å². The van der Waals surface area contributed by atoms with E-state index in [1.54, 1.807) is 7.11 Å². The molecule has 1 saturated heterocycles. The van der Waals surface area contributed by atoms with Crippen molar-refractivity contribution in [1.29, 1.82) is 0 Å². The number of hydrogen-bond acceptors (Lipinski definition) is 5. The van der Waals surface area contributed by atoms with E-state index in [-0.39, 0.29) is 0 Å². The fourth-order valence-corrected chi connectivity index (χ4v) is 2.44. The van der Waals surface area contributed by atoms with E-state index in [1.807, 2.05) is 18.3 Å². The lowest BCUT2D eigenvalue weighted by atomic mass is 9.99. The normalized spacial score (nSPS) is 23.6. The number of nitrogens with zero attached hydrogens (tertiary/aromatic N) is 2. The molecule has 5 nitrogen and oxygen atoms in total. The van der Waals surface area contributed by atoms with Crippen LogP contribution in [-0.2, 0) is 4.74 Å². The van der Waals surface area contributed by atoms with Gasteiger partial charge in [-0.1, -0.05) is 0 Å². The highest BCUT2D eigenvalue weighted by Crippen LogP contribution is 2.20. The molecule has 0 amide bonds. The SMILES string of the molecule is COCCOc1ccc(NC2CCN(C)C(C)C2)cn1. The molecule has 112 valence electrons. The van der Waals surface area contributed by atoms with E-state index in [9.17, 15) is 0 Å². The number of methoxy groups -OCH3 is 1. The van der Waals surface area contributed by atoms with E-state index in [0.29, 0.717) is 31.2 Å². The summed E-state index contributed by atoms with van der Waals surface area (Å²) in [5.41, 5.74) is 1.06. The van der Waals surface area contributed by atoms with Gasteiger partial charge in [0, 0.05) is 31.8 Å². The first-order valence-corrected chi connectivity index (χ1v) is 7.23. The van der Waals surface area contributed by atoms with Gasteiger partial charge in [0.25, 0.3) is 0 Å². The van der Waals surface area contributed by atoms with Crippen molar-refractivity contribution in [2.24, 2.45) is 0 Å². The largest absolute Gasteiger partial charge is 0.475 e. The Kier molecular flexibility index (Phi) is 5.61. The molecule has 2 heterocycles. The van der Waals surface area contributed by atoms with E-state index in [0.717, 1.165) is 12.2 Å². The molecule has 0 aliphatic carbocycles. The number of aromatic nitrogens is 1. The van der Waals surface area contributed by atoms with Crippen LogP contribution in [0.1, 0.15) is 19.8 Å². The van der Waals surface area contributed by atoms with Gasteiger partial charge in [-0.3, -0.25) is 0 Å². The van der Waals surface area contributed by atoms with Crippen molar-refractivity contribution in [2.75, 3.05) is 39.2 Å². The molecule has 0 bridgehead atoms. The summed E-state index contributed by atoms with van der Waals surface area (Å²) in [4.78, 5) is 6.71. The Morgan fingerprint density at radius 3 is 2.90 bits per heavy atom. The third-order valence-electron chi connectivity index (χ3n) is 3.85. The van der Waals surface area contributed by atoms with Crippen LogP contribution in [-0.4, -0.2) is 55.9 Å². The third-order valence-corrected chi connectivity index (χ3v) is 3.85. The zero-order valence-electron chi connectivity index (χ0n) is 12.6. The van der Waals surface area contributed by atoms with Crippen LogP contribution >= 0.6 is 0 Å². The minimum absolute atomic E-state index is 0.531. The number of pyridine rings is 1. The zero-order chi connectivity index (χ0) is 14.4. The summed E-state index contributed by atoms with van der Waals surface area (Å²) >= 11 is 0. The van der Waals surface area contributed by atoms with Crippen LogP contribution in [0.15, 0.2) is 18.3 Å². The van der Waals surface area contributed by atoms with Crippen molar-refractivity contribution in [3.8, 4) is 5.88 Å². The number of piperidine rings is 1. The second kappa shape index (κ2) is 7.45. The molecule has 0 aromatic carbocycles. The predicted molar refractivity (Wildman–Crippen MR) is 80.3 cm³/mol. The fourth-order valence-electron chi connectivity index (χ4n) is 2.44. The molecule has 1 aromatic heterocycles. The topological polar surface area (TPSA) is 46.6 Å². The Balaban J connectivity index is 1.81. The summed E-state index contributed by atoms with van der Waals surface area (Å²) in [5.74, 6) is 0.643. The molecule has 0 saturated carbocycles. The predicted octanol–water partition coefficient (Wildman–Crippen LogP) is 2.00. The first-order valence-electron chi connectivity index (χ1n) is 7.23. The lowest BCUT2D eigenvalue weighted by Gasteiger charge is -2.35. The average Bonchev–Trinajstić information content (AvgIpc) is 2.45. The summed E-state index contributed by atoms with van der Waals surface area (Å²) in [6.07, 6.45) is 4.18. The van der Waals surface area contributed by atoms with Crippen LogP contribution in [0.3, 0.4) is 0 Å². The summed E-state index contributed by atoms with van der Waals surface area (Å²) in [5, 5.41) is 3.56. The number of nitrogens with one attached hydrogen (secondary N) is 1. The standard InChI is InChI=1S/C15H25N3O2/c1-12-10-13(6-7-18(12)2)17-14-4-5-15(16-11-14)20-9-8-19-3/h4-5,11-13,17H,6-10H2,1-3H3. The van der Waals surface area contributed by atoms with Crippen molar-refractivity contribution in [1.82, 2.24) is 9.88 Å². The second-order valence-electron chi connectivity index (χ2n) is 5.42. The van der Waals surface area contributed by atoms with Crippen molar-refractivity contribution in [3.63, 3.8) is 0 Å². The molecule has 1 aromatic rings. The van der Waals surface area contributed by atoms with Gasteiger partial charge in [-0.2, -0.15) is 0 Å². The summed E-state index contributed by atoms with van der Waals surface area (Å²) in [7, 11) is 3.85. The van der Waals surface area contributed by atoms with E-state index in [2.05, 4.69) is 29.2 Å². The molecular formula is C15H25N3O2. The zero-order valence-corrected chi connectivity index (χ0v) is 12.6. The van der Waals surface area contributed by atoms with Crippen LogP contribution in [0.4, 0.5) is 5.69 Å². The molecule has 2 rings (SSSR count). The maximum atomic E-state index is 5.45. The Morgan fingerprint density at radius 2 is 2.25 bits per heavy atom. The molecule has 1 N–H and O–H groups in total. The van der Waals surface area contributed by atoms with Gasteiger partial charge in [0.15, 0.2) is 0 Å². The molecule has 0 spiro atoms. The number of rotatable bonds is 6. The van der Waals surface area contributed by atoms with Crippen LogP contribution in [0.25, 0.3) is 0 Å². The van der Waals surface area contributed by atoms with Crippen molar-refractivity contribution in [2.45, 2.75) is 31.8 Å².